The number of nitrogens with zero attached hydrogens (tertiary/aromatic N) is 4. The highest BCUT2D eigenvalue weighted by atomic mass is 19.4. The van der Waals surface area contributed by atoms with E-state index in [-0.39, 0.29) is 30.0 Å². The molecule has 2 aliphatic heterocycles. The molecule has 0 aliphatic carbocycles. The minimum absolute atomic E-state index is 0.0955. The number of amidine groups is 1. The van der Waals surface area contributed by atoms with Crippen molar-refractivity contribution >= 4 is 23.6 Å². The van der Waals surface area contributed by atoms with Gasteiger partial charge in [0.25, 0.3) is 11.9 Å². The number of nitrogens with one attached hydrogen (secondary N) is 3. The van der Waals surface area contributed by atoms with E-state index < -0.39 is 24.7 Å². The quantitative estimate of drug-likeness (QED) is 0.378. The summed E-state index contributed by atoms with van der Waals surface area (Å²) in [5, 5.41) is 8.86. The first kappa shape index (κ1) is 28.4. The van der Waals surface area contributed by atoms with Crippen molar-refractivity contribution in [1.29, 1.82) is 0 Å². The van der Waals surface area contributed by atoms with Gasteiger partial charge in [-0.2, -0.15) is 33.1 Å². The van der Waals surface area contributed by atoms with Crippen molar-refractivity contribution in [2.75, 3.05) is 38.2 Å². The summed E-state index contributed by atoms with van der Waals surface area (Å²) in [6, 6.07) is 6.70. The van der Waals surface area contributed by atoms with Crippen molar-refractivity contribution in [3.8, 4) is 11.8 Å². The molecule has 1 amide bonds. The molecule has 1 aromatic carbocycles. The Labute approximate surface area is 217 Å². The lowest BCUT2D eigenvalue weighted by Crippen LogP contribution is -2.32. The third-order valence-electron chi connectivity index (χ3n) is 4.97. The molecule has 2 aromatic rings. The van der Waals surface area contributed by atoms with Crippen LogP contribution < -0.4 is 36.9 Å². The van der Waals surface area contributed by atoms with E-state index in [1.54, 1.807) is 0 Å². The molecule has 7 N–H and O–H groups in total. The number of hydrogen-bond donors (Lipinski definition) is 5. The van der Waals surface area contributed by atoms with Gasteiger partial charge in [-0.25, -0.2) is 0 Å². The second-order valence-electron chi connectivity index (χ2n) is 8.19. The van der Waals surface area contributed by atoms with Gasteiger partial charge >= 0.3 is 12.2 Å². The number of carbonyl (C=O) groups is 1. The van der Waals surface area contributed by atoms with Crippen LogP contribution in [0.25, 0.3) is 0 Å². The molecule has 15 heteroatoms. The van der Waals surface area contributed by atoms with Crippen LogP contribution in [0.5, 0.6) is 11.8 Å². The van der Waals surface area contributed by atoms with Gasteiger partial charge in [0.1, 0.15) is 17.3 Å². The fraction of sp³-hybridized carbons (Fsp3) is 0.435. The summed E-state index contributed by atoms with van der Waals surface area (Å²) in [5.41, 5.74) is 12.3. The van der Waals surface area contributed by atoms with Gasteiger partial charge in [0.15, 0.2) is 6.61 Å². The first-order valence-corrected chi connectivity index (χ1v) is 11.9. The molecule has 4 rings (SSSR count). The smallest absolute Gasteiger partial charge is 0.422 e. The summed E-state index contributed by atoms with van der Waals surface area (Å²) < 4.78 is 48.4. The van der Waals surface area contributed by atoms with Crippen LogP contribution in [0.4, 0.5) is 25.1 Å². The van der Waals surface area contributed by atoms with Crippen LogP contribution >= 0.6 is 0 Å². The van der Waals surface area contributed by atoms with Crippen LogP contribution in [0.15, 0.2) is 41.0 Å². The van der Waals surface area contributed by atoms with Crippen LogP contribution in [0.3, 0.4) is 0 Å². The van der Waals surface area contributed by atoms with Crippen LogP contribution in [0, 0.1) is 0 Å². The summed E-state index contributed by atoms with van der Waals surface area (Å²) in [4.78, 5) is 27.8. The number of carbonyl (C=O) groups excluding carboxylic acids is 1. The summed E-state index contributed by atoms with van der Waals surface area (Å²) >= 11 is 0. The largest absolute Gasteiger partial charge is 0.494 e. The van der Waals surface area contributed by atoms with Crippen LogP contribution in [0.2, 0.25) is 0 Å². The molecule has 0 saturated heterocycles. The summed E-state index contributed by atoms with van der Waals surface area (Å²) in [7, 11) is 0. The minimum atomic E-state index is -4.61. The zero-order chi connectivity index (χ0) is 27.4. The molecule has 0 radical (unpaired) electrons. The van der Waals surface area contributed by atoms with Crippen molar-refractivity contribution in [2.24, 2.45) is 16.5 Å². The molecule has 1 aromatic heterocycles. The van der Waals surface area contributed by atoms with E-state index in [2.05, 4.69) is 40.6 Å². The van der Waals surface area contributed by atoms with Gasteiger partial charge in [0.2, 0.25) is 5.95 Å². The zero-order valence-corrected chi connectivity index (χ0v) is 20.6. The predicted octanol–water partition coefficient (Wildman–Crippen LogP) is 1.52. The van der Waals surface area contributed by atoms with Crippen molar-refractivity contribution in [3.63, 3.8) is 0 Å². The second-order valence-corrected chi connectivity index (χ2v) is 8.19. The van der Waals surface area contributed by atoms with E-state index in [9.17, 15) is 18.0 Å². The lowest BCUT2D eigenvalue weighted by molar-refractivity contribution is -0.154. The summed E-state index contributed by atoms with van der Waals surface area (Å²) in [5.74, 6) is -0.516. The Morgan fingerprint density at radius 3 is 2.50 bits per heavy atom. The van der Waals surface area contributed by atoms with Crippen LogP contribution in [0.1, 0.15) is 24.8 Å². The van der Waals surface area contributed by atoms with Crippen LogP contribution in [-0.4, -0.2) is 65.7 Å². The molecule has 3 heterocycles. The molecule has 0 saturated carbocycles. The molecule has 4 bridgehead atoms. The fourth-order valence-corrected chi connectivity index (χ4v) is 3.13. The third-order valence-corrected chi connectivity index (χ3v) is 4.97. The van der Waals surface area contributed by atoms with Gasteiger partial charge in [0, 0.05) is 19.2 Å². The number of ether oxygens (including phenoxy) is 2. The van der Waals surface area contributed by atoms with E-state index >= 15 is 0 Å². The normalized spacial score (nSPS) is 16.7. The maximum atomic E-state index is 12.7. The lowest BCUT2D eigenvalue weighted by Gasteiger charge is -2.11. The number of fused-ring (bicyclic) bond motifs is 15. The third kappa shape index (κ3) is 10.5. The van der Waals surface area contributed by atoms with Gasteiger partial charge in [-0.15, -0.1) is 0 Å². The highest BCUT2D eigenvalue weighted by molar-refractivity contribution is 6.02. The number of anilines is 1. The number of aliphatic imine (C=N–C) groups is 1. The Bertz CT molecular complexity index is 1130. The molecule has 0 unspecified atom stereocenters. The van der Waals surface area contributed by atoms with E-state index in [0.29, 0.717) is 31.9 Å². The maximum absolute atomic E-state index is 12.7. The molecular formula is C23H30F3N9O3. The number of nitrogens with two attached hydrogens (primary N) is 2. The topological polar surface area (TPSA) is 175 Å². The Kier molecular flexibility index (Phi) is 10.5. The minimum Gasteiger partial charge on any atom is -0.494 e. The molecule has 0 fully saturated rings. The Hall–Kier alpha value is -4.14. The van der Waals surface area contributed by atoms with E-state index in [1.807, 2.05) is 24.3 Å². The predicted molar refractivity (Wildman–Crippen MR) is 134 cm³/mol. The van der Waals surface area contributed by atoms with Gasteiger partial charge in [-0.3, -0.25) is 4.79 Å². The Balaban J connectivity index is 1.83. The molecular weight excluding hydrogens is 507 g/mol. The summed E-state index contributed by atoms with van der Waals surface area (Å²) in [6.07, 6.45) is -1.01. The average Bonchev–Trinajstić information content (AvgIpc) is 2.86. The number of rotatable bonds is 2. The van der Waals surface area contributed by atoms with Gasteiger partial charge in [-0.1, -0.05) is 12.1 Å². The lowest BCUT2D eigenvalue weighted by atomic mass is 10.2. The molecule has 38 heavy (non-hydrogen) atoms. The Morgan fingerprint density at radius 2 is 1.74 bits per heavy atom. The summed E-state index contributed by atoms with van der Waals surface area (Å²) in [6.45, 7) is 1.12. The fourth-order valence-electron chi connectivity index (χ4n) is 3.13. The molecule has 206 valence electrons. The highest BCUT2D eigenvalue weighted by Gasteiger charge is 2.29. The number of hydrogen-bond acceptors (Lipinski definition) is 11. The number of halogens is 3. The first-order chi connectivity index (χ1) is 18.2. The van der Waals surface area contributed by atoms with Gasteiger partial charge in [0.05, 0.1) is 6.61 Å². The monoisotopic (exact) mass is 537 g/mol. The number of benzene rings is 1. The maximum Gasteiger partial charge on any atom is 0.422 e. The molecule has 0 spiro atoms. The van der Waals surface area contributed by atoms with E-state index in [4.69, 9.17) is 16.2 Å². The van der Waals surface area contributed by atoms with Gasteiger partial charge in [-0.05, 0) is 50.0 Å². The van der Waals surface area contributed by atoms with E-state index in [1.165, 1.54) is 0 Å². The number of amides is 1. The van der Waals surface area contributed by atoms with Crippen LogP contribution in [-0.2, 0) is 11.3 Å². The SMILES string of the molecule is NC1=CC(N)=Nc2nc(nc(OCC(F)(F)F)n2)NCc2ccc(cc2)OCCCCNCCCNC1=O. The Morgan fingerprint density at radius 1 is 0.974 bits per heavy atom. The average molecular weight is 538 g/mol. The van der Waals surface area contributed by atoms with Crippen molar-refractivity contribution in [3.05, 3.63) is 41.6 Å². The number of aromatic nitrogens is 3. The first-order valence-electron chi connectivity index (χ1n) is 11.9. The zero-order valence-electron chi connectivity index (χ0n) is 20.6. The number of alkyl halides is 3. The second kappa shape index (κ2) is 14.0. The van der Waals surface area contributed by atoms with Crippen molar-refractivity contribution in [2.45, 2.75) is 32.0 Å². The van der Waals surface area contributed by atoms with E-state index in [0.717, 1.165) is 31.0 Å². The van der Waals surface area contributed by atoms with Crippen molar-refractivity contribution in [1.82, 2.24) is 25.6 Å². The molecule has 2 aliphatic rings. The van der Waals surface area contributed by atoms with Crippen molar-refractivity contribution < 1.29 is 27.4 Å². The molecule has 12 nitrogen and oxygen atoms in total. The van der Waals surface area contributed by atoms with Gasteiger partial charge < -0.3 is 36.9 Å². The highest BCUT2D eigenvalue weighted by Crippen LogP contribution is 2.19. The molecule has 0 atom stereocenters. The standard InChI is InChI=1S/C23H30F3N9O3/c24-23(25,26)14-38-22-34-20-31-13-15-4-6-16(7-5-15)37-11-2-1-8-29-9-3-10-30-19(36)17(27)12-18(28)32-21(33-20)35-22/h4-7,12,29H,1-3,8-11,13-14,27H2,(H,30,36)(H3,28,31,32,33,34,35).